The highest BCUT2D eigenvalue weighted by atomic mass is 19.1. The van der Waals surface area contributed by atoms with Crippen molar-refractivity contribution in [3.63, 3.8) is 0 Å². The largest absolute Gasteiger partial charge is 0.398 e. The molecule has 1 saturated heterocycles. The van der Waals surface area contributed by atoms with Crippen LogP contribution in [-0.2, 0) is 4.74 Å². The lowest BCUT2D eigenvalue weighted by atomic mass is 9.91. The van der Waals surface area contributed by atoms with Crippen molar-refractivity contribution in [2.75, 3.05) is 41.8 Å². The van der Waals surface area contributed by atoms with E-state index in [0.29, 0.717) is 17.2 Å². The molecule has 2 aliphatic rings. The van der Waals surface area contributed by atoms with Gasteiger partial charge in [0.1, 0.15) is 5.82 Å². The monoisotopic (exact) mass is 396 g/mol. The number of nitrogens with one attached hydrogen (secondary N) is 1. The second-order valence-electron chi connectivity index (χ2n) is 8.67. The number of hydrogen-bond acceptors (Lipinski definition) is 5. The normalized spacial score (nSPS) is 19.1. The first-order valence-corrected chi connectivity index (χ1v) is 10.2. The fraction of sp³-hybridized carbons (Fsp3) is 0.435. The highest BCUT2D eigenvalue weighted by molar-refractivity contribution is 5.93. The zero-order valence-corrected chi connectivity index (χ0v) is 17.1. The molecule has 5 nitrogen and oxygen atoms in total. The molecule has 2 heterocycles. The number of nitrogens with two attached hydrogens (primary N) is 1. The maximum atomic E-state index is 13.6. The lowest BCUT2D eigenvalue weighted by Gasteiger charge is -2.51. The molecule has 4 rings (SSSR count). The summed E-state index contributed by atoms with van der Waals surface area (Å²) >= 11 is 0. The first-order valence-electron chi connectivity index (χ1n) is 10.2. The number of benzene rings is 2. The first-order chi connectivity index (χ1) is 13.9. The van der Waals surface area contributed by atoms with E-state index in [0.717, 1.165) is 56.2 Å². The van der Waals surface area contributed by atoms with Gasteiger partial charge in [0.25, 0.3) is 0 Å². The Morgan fingerprint density at radius 2 is 1.86 bits per heavy atom. The van der Waals surface area contributed by atoms with E-state index >= 15 is 0 Å². The third kappa shape index (κ3) is 3.81. The molecular weight excluding hydrogens is 367 g/mol. The van der Waals surface area contributed by atoms with Crippen LogP contribution in [0.3, 0.4) is 0 Å². The summed E-state index contributed by atoms with van der Waals surface area (Å²) in [6.07, 6.45) is 3.44. The molecule has 154 valence electrons. The second kappa shape index (κ2) is 7.67. The summed E-state index contributed by atoms with van der Waals surface area (Å²) in [4.78, 5) is 4.67. The van der Waals surface area contributed by atoms with Crippen LogP contribution in [0.5, 0.6) is 0 Å². The fourth-order valence-electron chi connectivity index (χ4n) is 4.60. The van der Waals surface area contributed by atoms with Crippen molar-refractivity contribution in [1.82, 2.24) is 0 Å². The molecule has 0 aromatic heterocycles. The molecule has 0 bridgehead atoms. The Balaban J connectivity index is 1.80. The summed E-state index contributed by atoms with van der Waals surface area (Å²) < 4.78 is 19.1. The van der Waals surface area contributed by atoms with Crippen LogP contribution < -0.4 is 15.5 Å². The van der Waals surface area contributed by atoms with Gasteiger partial charge >= 0.3 is 0 Å². The van der Waals surface area contributed by atoms with Gasteiger partial charge in [0.05, 0.1) is 16.9 Å². The van der Waals surface area contributed by atoms with Gasteiger partial charge in [0.2, 0.25) is 0 Å². The molecule has 2 aliphatic heterocycles. The molecule has 29 heavy (non-hydrogen) atoms. The predicted molar refractivity (Wildman–Crippen MR) is 117 cm³/mol. The van der Waals surface area contributed by atoms with Crippen LogP contribution in [0.25, 0.3) is 0 Å². The van der Waals surface area contributed by atoms with E-state index in [1.54, 1.807) is 0 Å². The maximum Gasteiger partial charge on any atom is 0.123 e. The van der Waals surface area contributed by atoms with Gasteiger partial charge < -0.3 is 25.7 Å². The van der Waals surface area contributed by atoms with Crippen molar-refractivity contribution in [1.29, 1.82) is 5.41 Å². The first kappa shape index (κ1) is 19.7. The highest BCUT2D eigenvalue weighted by Gasteiger charge is 2.38. The molecule has 2 aromatic rings. The van der Waals surface area contributed by atoms with Crippen LogP contribution >= 0.6 is 0 Å². The number of ether oxygens (including phenoxy) is 1. The van der Waals surface area contributed by atoms with E-state index in [4.69, 9.17) is 15.9 Å². The second-order valence-corrected chi connectivity index (χ2v) is 8.67. The standard InChI is InChI=1S/C23H29FN4O/c1-23(2)15-27(14-16-7-9-29-10-8-16)21-12-20(26)17(13-25)11-22(21)28(23)19-5-3-18(24)4-6-19/h3-6,11-13,16,25H,7-10,14-15,26H2,1-2H3. The van der Waals surface area contributed by atoms with Crippen LogP contribution in [0.1, 0.15) is 32.3 Å². The Kier molecular flexibility index (Phi) is 5.21. The third-order valence-electron chi connectivity index (χ3n) is 6.00. The van der Waals surface area contributed by atoms with E-state index in [9.17, 15) is 4.39 Å². The quantitative estimate of drug-likeness (QED) is 0.587. The molecule has 2 aromatic carbocycles. The van der Waals surface area contributed by atoms with Gasteiger partial charge in [0, 0.05) is 49.5 Å². The summed E-state index contributed by atoms with van der Waals surface area (Å²) in [7, 11) is 0. The topological polar surface area (TPSA) is 65.6 Å². The minimum atomic E-state index is -0.248. The number of nitrogen functional groups attached to an aromatic ring is 1. The smallest absolute Gasteiger partial charge is 0.123 e. The Labute approximate surface area is 171 Å². The number of halogens is 1. The van der Waals surface area contributed by atoms with Gasteiger partial charge in [-0.15, -0.1) is 0 Å². The number of hydrogen-bond donors (Lipinski definition) is 2. The Bertz CT molecular complexity index is 890. The summed E-state index contributed by atoms with van der Waals surface area (Å²) in [5.41, 5.74) is 10.4. The van der Waals surface area contributed by atoms with E-state index in [-0.39, 0.29) is 11.4 Å². The van der Waals surface area contributed by atoms with Crippen molar-refractivity contribution < 1.29 is 9.13 Å². The van der Waals surface area contributed by atoms with Crippen LogP contribution in [0, 0.1) is 17.1 Å². The van der Waals surface area contributed by atoms with E-state index < -0.39 is 0 Å². The van der Waals surface area contributed by atoms with Gasteiger partial charge in [0.15, 0.2) is 0 Å². The van der Waals surface area contributed by atoms with Crippen molar-refractivity contribution in [3.8, 4) is 0 Å². The summed E-state index contributed by atoms with van der Waals surface area (Å²) in [5.74, 6) is 0.343. The average molecular weight is 397 g/mol. The van der Waals surface area contributed by atoms with Crippen LogP contribution in [0.2, 0.25) is 0 Å². The zero-order valence-electron chi connectivity index (χ0n) is 17.1. The van der Waals surface area contributed by atoms with Crippen LogP contribution in [0.15, 0.2) is 36.4 Å². The molecule has 0 aliphatic carbocycles. The average Bonchev–Trinajstić information content (AvgIpc) is 2.70. The third-order valence-corrected chi connectivity index (χ3v) is 6.00. The number of fused-ring (bicyclic) bond motifs is 1. The molecule has 0 saturated carbocycles. The molecule has 0 atom stereocenters. The van der Waals surface area contributed by atoms with Gasteiger partial charge in [-0.05, 0) is 69.0 Å². The van der Waals surface area contributed by atoms with Crippen LogP contribution in [0.4, 0.5) is 27.1 Å². The van der Waals surface area contributed by atoms with E-state index in [1.807, 2.05) is 24.3 Å². The van der Waals surface area contributed by atoms with Crippen LogP contribution in [-0.4, -0.2) is 38.1 Å². The van der Waals surface area contributed by atoms with Gasteiger partial charge in [-0.2, -0.15) is 0 Å². The summed E-state index contributed by atoms with van der Waals surface area (Å²) in [6.45, 7) is 7.85. The van der Waals surface area contributed by atoms with E-state index in [1.165, 1.54) is 18.3 Å². The molecule has 0 spiro atoms. The molecule has 0 unspecified atom stereocenters. The molecular formula is C23H29FN4O. The zero-order chi connectivity index (χ0) is 20.6. The minimum absolute atomic E-state index is 0.217. The van der Waals surface area contributed by atoms with Crippen molar-refractivity contribution in [2.45, 2.75) is 32.2 Å². The minimum Gasteiger partial charge on any atom is -0.398 e. The SMILES string of the molecule is CC1(C)CN(CC2CCOCC2)c2cc(N)c(C=N)cc2N1c1ccc(F)cc1. The maximum absolute atomic E-state index is 13.6. The van der Waals surface area contributed by atoms with Gasteiger partial charge in [-0.1, -0.05) is 0 Å². The lowest BCUT2D eigenvalue weighted by Crippen LogP contribution is -2.55. The van der Waals surface area contributed by atoms with Crippen molar-refractivity contribution in [2.24, 2.45) is 5.92 Å². The summed E-state index contributed by atoms with van der Waals surface area (Å²) in [5, 5.41) is 7.75. The Hall–Kier alpha value is -2.60. The predicted octanol–water partition coefficient (Wildman–Crippen LogP) is 4.57. The number of nitrogens with zero attached hydrogens (tertiary/aromatic N) is 2. The molecule has 6 heteroatoms. The molecule has 3 N–H and O–H groups in total. The number of rotatable bonds is 4. The van der Waals surface area contributed by atoms with E-state index in [2.05, 4.69) is 23.6 Å². The summed E-state index contributed by atoms with van der Waals surface area (Å²) in [6, 6.07) is 10.6. The fourth-order valence-corrected chi connectivity index (χ4v) is 4.60. The highest BCUT2D eigenvalue weighted by Crippen LogP contribution is 2.46. The molecule has 1 fully saturated rings. The lowest BCUT2D eigenvalue weighted by molar-refractivity contribution is 0.0679. The van der Waals surface area contributed by atoms with Gasteiger partial charge in [-0.3, -0.25) is 0 Å². The number of anilines is 4. The molecule has 0 amide bonds. The Morgan fingerprint density at radius 3 is 2.52 bits per heavy atom. The van der Waals surface area contributed by atoms with Crippen molar-refractivity contribution in [3.05, 3.63) is 47.8 Å². The molecule has 0 radical (unpaired) electrons. The van der Waals surface area contributed by atoms with Crippen molar-refractivity contribution >= 4 is 29.0 Å². The van der Waals surface area contributed by atoms with Gasteiger partial charge in [-0.25, -0.2) is 4.39 Å². The Morgan fingerprint density at radius 1 is 1.17 bits per heavy atom.